The number of nitrogens with zero attached hydrogens (tertiary/aromatic N) is 4. The van der Waals surface area contributed by atoms with Crippen LogP contribution in [0.3, 0.4) is 0 Å². The predicted molar refractivity (Wildman–Crippen MR) is 86.1 cm³/mol. The molecule has 0 radical (unpaired) electrons. The topological polar surface area (TPSA) is 41.5 Å². The first kappa shape index (κ1) is 14.4. The van der Waals surface area contributed by atoms with E-state index in [1.54, 1.807) is 0 Å². The van der Waals surface area contributed by atoms with Crippen molar-refractivity contribution >= 4 is 5.95 Å². The summed E-state index contributed by atoms with van der Waals surface area (Å²) in [6.45, 7) is 7.40. The smallest absolute Gasteiger partial charge is 0.225 e. The van der Waals surface area contributed by atoms with Crippen LogP contribution in [0.4, 0.5) is 5.95 Å². The van der Waals surface area contributed by atoms with Gasteiger partial charge in [-0.2, -0.15) is 0 Å². The lowest BCUT2D eigenvalue weighted by atomic mass is 10.1. The third kappa shape index (κ3) is 3.10. The van der Waals surface area contributed by atoms with Gasteiger partial charge in [-0.1, -0.05) is 6.92 Å². The Labute approximate surface area is 132 Å². The Morgan fingerprint density at radius 2 is 2.00 bits per heavy atom. The molecular formula is C17H26N4O. The highest BCUT2D eigenvalue weighted by Crippen LogP contribution is 2.31. The number of rotatable bonds is 5. The molecule has 1 aromatic heterocycles. The molecule has 3 heterocycles. The fraction of sp³-hybridized carbons (Fsp3) is 0.765. The van der Waals surface area contributed by atoms with Crippen LogP contribution in [0.2, 0.25) is 0 Å². The normalized spacial score (nSPS) is 28.9. The highest BCUT2D eigenvalue weighted by Gasteiger charge is 2.37. The van der Waals surface area contributed by atoms with Crippen molar-refractivity contribution in [3.63, 3.8) is 0 Å². The van der Waals surface area contributed by atoms with Gasteiger partial charge in [0.2, 0.25) is 5.95 Å². The zero-order valence-corrected chi connectivity index (χ0v) is 13.4. The van der Waals surface area contributed by atoms with Crippen LogP contribution in [0.25, 0.3) is 0 Å². The van der Waals surface area contributed by atoms with Crippen molar-refractivity contribution in [3.05, 3.63) is 18.0 Å². The first-order valence-corrected chi connectivity index (χ1v) is 8.73. The van der Waals surface area contributed by atoms with Gasteiger partial charge >= 0.3 is 0 Å². The quantitative estimate of drug-likeness (QED) is 0.828. The van der Waals surface area contributed by atoms with Gasteiger partial charge in [-0.05, 0) is 37.2 Å². The molecule has 1 aliphatic carbocycles. The number of piperazine rings is 1. The molecule has 2 saturated heterocycles. The molecule has 2 aliphatic heterocycles. The minimum absolute atomic E-state index is 0.439. The number of ether oxygens (including phenoxy) is 1. The molecule has 120 valence electrons. The van der Waals surface area contributed by atoms with Gasteiger partial charge < -0.3 is 9.64 Å². The van der Waals surface area contributed by atoms with Gasteiger partial charge in [-0.25, -0.2) is 9.97 Å². The van der Waals surface area contributed by atoms with Crippen LogP contribution in [0.1, 0.15) is 31.7 Å². The van der Waals surface area contributed by atoms with Gasteiger partial charge in [0.1, 0.15) is 0 Å². The molecule has 5 nitrogen and oxygen atoms in total. The predicted octanol–water partition coefficient (Wildman–Crippen LogP) is 1.73. The second kappa shape index (κ2) is 6.13. The maximum atomic E-state index is 6.10. The lowest BCUT2D eigenvalue weighted by Gasteiger charge is -2.37. The molecule has 22 heavy (non-hydrogen) atoms. The van der Waals surface area contributed by atoms with Crippen molar-refractivity contribution in [1.29, 1.82) is 0 Å². The van der Waals surface area contributed by atoms with Crippen LogP contribution in [-0.2, 0) is 11.2 Å². The third-order valence-corrected chi connectivity index (χ3v) is 5.23. The van der Waals surface area contributed by atoms with E-state index >= 15 is 0 Å². The lowest BCUT2D eigenvalue weighted by molar-refractivity contribution is 0.0521. The summed E-state index contributed by atoms with van der Waals surface area (Å²) in [5.74, 6) is 1.75. The highest BCUT2D eigenvalue weighted by molar-refractivity contribution is 5.31. The second-order valence-electron chi connectivity index (χ2n) is 6.97. The van der Waals surface area contributed by atoms with Crippen LogP contribution in [0.5, 0.6) is 0 Å². The van der Waals surface area contributed by atoms with Crippen molar-refractivity contribution in [2.45, 2.75) is 44.8 Å². The Balaban J connectivity index is 1.34. The van der Waals surface area contributed by atoms with Crippen molar-refractivity contribution < 1.29 is 4.74 Å². The van der Waals surface area contributed by atoms with Crippen LogP contribution in [0, 0.1) is 5.92 Å². The summed E-state index contributed by atoms with van der Waals surface area (Å²) in [6.07, 6.45) is 9.27. The van der Waals surface area contributed by atoms with Gasteiger partial charge in [-0.15, -0.1) is 0 Å². The van der Waals surface area contributed by atoms with Gasteiger partial charge in [0.15, 0.2) is 0 Å². The van der Waals surface area contributed by atoms with E-state index < -0.39 is 0 Å². The Hall–Kier alpha value is -1.20. The average Bonchev–Trinajstić information content (AvgIpc) is 3.30. The second-order valence-corrected chi connectivity index (χ2v) is 6.97. The van der Waals surface area contributed by atoms with Gasteiger partial charge in [0.05, 0.1) is 6.10 Å². The summed E-state index contributed by atoms with van der Waals surface area (Å²) >= 11 is 0. The van der Waals surface area contributed by atoms with Crippen molar-refractivity contribution in [2.24, 2.45) is 5.92 Å². The molecule has 1 saturated carbocycles. The molecule has 3 aliphatic rings. The van der Waals surface area contributed by atoms with E-state index in [2.05, 4.69) is 26.7 Å². The van der Waals surface area contributed by atoms with E-state index in [4.69, 9.17) is 4.74 Å². The van der Waals surface area contributed by atoms with Crippen molar-refractivity contribution in [1.82, 2.24) is 14.9 Å². The molecule has 0 unspecified atom stereocenters. The summed E-state index contributed by atoms with van der Waals surface area (Å²) in [5, 5.41) is 0. The van der Waals surface area contributed by atoms with E-state index in [1.807, 2.05) is 12.4 Å². The Bertz CT molecular complexity index is 502. The molecule has 0 aromatic carbocycles. The standard InChI is InChI=1S/C17H26N4O/c1-2-13-8-18-17(19-9-13)21-6-5-20-11-16(7-15(20)10-21)22-12-14-3-4-14/h8-9,14-16H,2-7,10-12H2,1H3/t15-,16+/m0/s1. The first-order valence-electron chi connectivity index (χ1n) is 8.73. The Morgan fingerprint density at radius 3 is 2.73 bits per heavy atom. The van der Waals surface area contributed by atoms with E-state index in [0.29, 0.717) is 12.1 Å². The van der Waals surface area contributed by atoms with E-state index in [9.17, 15) is 0 Å². The number of hydrogen-bond donors (Lipinski definition) is 0. The molecule has 4 rings (SSSR count). The minimum atomic E-state index is 0.439. The summed E-state index contributed by atoms with van der Waals surface area (Å²) in [4.78, 5) is 14.0. The monoisotopic (exact) mass is 302 g/mol. The minimum Gasteiger partial charge on any atom is -0.377 e. The van der Waals surface area contributed by atoms with Gasteiger partial charge in [0, 0.05) is 51.2 Å². The number of anilines is 1. The molecule has 1 aromatic rings. The fourth-order valence-electron chi connectivity index (χ4n) is 3.55. The van der Waals surface area contributed by atoms with Crippen LogP contribution >= 0.6 is 0 Å². The van der Waals surface area contributed by atoms with Crippen molar-refractivity contribution in [3.8, 4) is 0 Å². The number of aryl methyl sites for hydroxylation is 1. The summed E-state index contributed by atoms with van der Waals surface area (Å²) in [7, 11) is 0. The average molecular weight is 302 g/mol. The molecule has 3 fully saturated rings. The zero-order chi connectivity index (χ0) is 14.9. The molecule has 5 heteroatoms. The fourth-order valence-corrected chi connectivity index (χ4v) is 3.55. The van der Waals surface area contributed by atoms with Crippen LogP contribution in [0.15, 0.2) is 12.4 Å². The largest absolute Gasteiger partial charge is 0.377 e. The summed E-state index contributed by atoms with van der Waals surface area (Å²) < 4.78 is 6.10. The van der Waals surface area contributed by atoms with Crippen LogP contribution in [-0.4, -0.2) is 59.8 Å². The SMILES string of the molecule is CCc1cnc(N2CCN3C[C@H](OCC4CC4)C[C@H]3C2)nc1. The van der Waals surface area contributed by atoms with E-state index in [1.165, 1.54) is 18.4 Å². The van der Waals surface area contributed by atoms with Crippen LogP contribution < -0.4 is 4.90 Å². The zero-order valence-electron chi connectivity index (χ0n) is 13.4. The number of fused-ring (bicyclic) bond motifs is 1. The lowest BCUT2D eigenvalue weighted by Crippen LogP contribution is -2.50. The summed E-state index contributed by atoms with van der Waals surface area (Å²) in [6, 6.07) is 0.604. The molecule has 2 atom stereocenters. The molecule has 0 spiro atoms. The van der Waals surface area contributed by atoms with Crippen molar-refractivity contribution in [2.75, 3.05) is 37.7 Å². The molecular weight excluding hydrogens is 276 g/mol. The number of hydrogen-bond acceptors (Lipinski definition) is 5. The van der Waals surface area contributed by atoms with E-state index in [-0.39, 0.29) is 0 Å². The molecule has 0 amide bonds. The third-order valence-electron chi connectivity index (χ3n) is 5.23. The van der Waals surface area contributed by atoms with Gasteiger partial charge in [-0.3, -0.25) is 4.90 Å². The maximum Gasteiger partial charge on any atom is 0.225 e. The Kier molecular flexibility index (Phi) is 4.01. The number of aromatic nitrogens is 2. The molecule has 0 bridgehead atoms. The Morgan fingerprint density at radius 1 is 1.18 bits per heavy atom. The van der Waals surface area contributed by atoms with E-state index in [0.717, 1.165) is 57.5 Å². The first-order chi connectivity index (χ1) is 10.8. The molecule has 0 N–H and O–H groups in total. The van der Waals surface area contributed by atoms with Gasteiger partial charge in [0.25, 0.3) is 0 Å². The summed E-state index contributed by atoms with van der Waals surface area (Å²) in [5.41, 5.74) is 1.21. The highest BCUT2D eigenvalue weighted by atomic mass is 16.5. The maximum absolute atomic E-state index is 6.10.